The monoisotopic (exact) mass is 340 g/mol. The smallest absolute Gasteiger partial charge is 0.200 e. The van der Waals surface area contributed by atoms with Gasteiger partial charge in [-0.15, -0.1) is 0 Å². The van der Waals surface area contributed by atoms with Gasteiger partial charge in [0.05, 0.1) is 17.6 Å². The summed E-state index contributed by atoms with van der Waals surface area (Å²) in [6.45, 7) is 4.83. The van der Waals surface area contributed by atoms with Crippen molar-refractivity contribution in [3.8, 4) is 28.4 Å². The molecule has 0 unspecified atom stereocenters. The Labute approximate surface area is 145 Å². The molecule has 5 nitrogen and oxygen atoms in total. The predicted molar refractivity (Wildman–Crippen MR) is 96.2 cm³/mol. The van der Waals surface area contributed by atoms with Crippen LogP contribution in [0.2, 0.25) is 0 Å². The molecule has 0 saturated heterocycles. The SMILES string of the molecule is CC(C)CCOc1ccc2occ(-c3ccc(O)c(O)c3)c(=O)c2c1. The number of benzene rings is 2. The molecule has 2 aromatic carbocycles. The second kappa shape index (κ2) is 6.89. The molecule has 1 aromatic heterocycles. The van der Waals surface area contributed by atoms with Crippen molar-refractivity contribution in [1.82, 2.24) is 0 Å². The van der Waals surface area contributed by atoms with Gasteiger partial charge in [-0.2, -0.15) is 0 Å². The van der Waals surface area contributed by atoms with E-state index < -0.39 is 0 Å². The fourth-order valence-corrected chi connectivity index (χ4v) is 2.50. The summed E-state index contributed by atoms with van der Waals surface area (Å²) in [4.78, 5) is 12.8. The highest BCUT2D eigenvalue weighted by Crippen LogP contribution is 2.30. The number of fused-ring (bicyclic) bond motifs is 1. The van der Waals surface area contributed by atoms with E-state index in [1.54, 1.807) is 24.3 Å². The van der Waals surface area contributed by atoms with E-state index in [9.17, 15) is 15.0 Å². The Morgan fingerprint density at radius 1 is 1.08 bits per heavy atom. The quantitative estimate of drug-likeness (QED) is 0.677. The van der Waals surface area contributed by atoms with Gasteiger partial charge >= 0.3 is 0 Å². The fraction of sp³-hybridized carbons (Fsp3) is 0.250. The van der Waals surface area contributed by atoms with Crippen LogP contribution in [-0.2, 0) is 0 Å². The molecule has 0 atom stereocenters. The average molecular weight is 340 g/mol. The third kappa shape index (κ3) is 3.60. The van der Waals surface area contributed by atoms with Crippen LogP contribution in [0, 0.1) is 5.92 Å². The van der Waals surface area contributed by atoms with Gasteiger partial charge < -0.3 is 19.4 Å². The zero-order chi connectivity index (χ0) is 18.0. The minimum Gasteiger partial charge on any atom is -0.504 e. The predicted octanol–water partition coefficient (Wildman–Crippen LogP) is 4.30. The van der Waals surface area contributed by atoms with Crippen molar-refractivity contribution in [3.05, 3.63) is 52.9 Å². The van der Waals surface area contributed by atoms with E-state index in [1.165, 1.54) is 18.4 Å². The second-order valence-electron chi connectivity index (χ2n) is 6.37. The summed E-state index contributed by atoms with van der Waals surface area (Å²) in [6.07, 6.45) is 2.29. The number of ether oxygens (including phenoxy) is 1. The number of hydrogen-bond acceptors (Lipinski definition) is 5. The molecule has 0 fully saturated rings. The zero-order valence-corrected chi connectivity index (χ0v) is 14.2. The molecule has 0 aliphatic heterocycles. The van der Waals surface area contributed by atoms with E-state index in [2.05, 4.69) is 13.8 Å². The normalized spacial score (nSPS) is 11.2. The lowest BCUT2D eigenvalue weighted by Gasteiger charge is -2.09. The Morgan fingerprint density at radius 2 is 1.88 bits per heavy atom. The Kier molecular flexibility index (Phi) is 4.65. The standard InChI is InChI=1S/C20H20O5/c1-12(2)7-8-24-14-4-6-19-15(10-14)20(23)16(11-25-19)13-3-5-17(21)18(22)9-13/h3-6,9-12,21-22H,7-8H2,1-2H3. The molecule has 0 bridgehead atoms. The van der Waals surface area contributed by atoms with Crippen molar-refractivity contribution >= 4 is 11.0 Å². The van der Waals surface area contributed by atoms with Gasteiger partial charge in [-0.05, 0) is 48.2 Å². The Hall–Kier alpha value is -2.95. The van der Waals surface area contributed by atoms with E-state index in [0.29, 0.717) is 40.4 Å². The summed E-state index contributed by atoms with van der Waals surface area (Å²) in [7, 11) is 0. The molecule has 3 rings (SSSR count). The Balaban J connectivity index is 2.00. The highest BCUT2D eigenvalue weighted by atomic mass is 16.5. The molecule has 0 aliphatic rings. The molecule has 130 valence electrons. The van der Waals surface area contributed by atoms with E-state index >= 15 is 0 Å². The number of phenols is 2. The topological polar surface area (TPSA) is 79.9 Å². The summed E-state index contributed by atoms with van der Waals surface area (Å²) in [5.74, 6) is 0.628. The van der Waals surface area contributed by atoms with Crippen LogP contribution in [0.1, 0.15) is 20.3 Å². The molecule has 0 radical (unpaired) electrons. The Bertz CT molecular complexity index is 956. The number of hydrogen-bond donors (Lipinski definition) is 2. The van der Waals surface area contributed by atoms with E-state index in [1.807, 2.05) is 0 Å². The first-order valence-electron chi connectivity index (χ1n) is 8.16. The lowest BCUT2D eigenvalue weighted by molar-refractivity contribution is 0.290. The lowest BCUT2D eigenvalue weighted by Crippen LogP contribution is -2.06. The molecule has 0 saturated carbocycles. The molecular formula is C20H20O5. The van der Waals surface area contributed by atoms with Crippen molar-refractivity contribution in [2.75, 3.05) is 6.61 Å². The maximum atomic E-state index is 12.8. The zero-order valence-electron chi connectivity index (χ0n) is 14.2. The van der Waals surface area contributed by atoms with Gasteiger partial charge in [0.15, 0.2) is 11.5 Å². The van der Waals surface area contributed by atoms with E-state index in [-0.39, 0.29) is 16.9 Å². The van der Waals surface area contributed by atoms with Gasteiger partial charge in [-0.1, -0.05) is 19.9 Å². The van der Waals surface area contributed by atoms with Crippen LogP contribution in [0.5, 0.6) is 17.2 Å². The van der Waals surface area contributed by atoms with Crippen LogP contribution < -0.4 is 10.2 Å². The molecule has 0 amide bonds. The molecule has 25 heavy (non-hydrogen) atoms. The van der Waals surface area contributed by atoms with Crippen LogP contribution in [0.25, 0.3) is 22.1 Å². The second-order valence-corrected chi connectivity index (χ2v) is 6.37. The summed E-state index contributed by atoms with van der Waals surface area (Å²) in [5.41, 5.74) is 1.02. The molecule has 0 spiro atoms. The number of aromatic hydroxyl groups is 2. The van der Waals surface area contributed by atoms with Crippen molar-refractivity contribution in [2.24, 2.45) is 5.92 Å². The summed E-state index contributed by atoms with van der Waals surface area (Å²) >= 11 is 0. The van der Waals surface area contributed by atoms with Crippen molar-refractivity contribution in [2.45, 2.75) is 20.3 Å². The van der Waals surface area contributed by atoms with Crippen LogP contribution >= 0.6 is 0 Å². The first-order valence-corrected chi connectivity index (χ1v) is 8.16. The van der Waals surface area contributed by atoms with Crippen molar-refractivity contribution in [1.29, 1.82) is 0 Å². The minimum atomic E-state index is -0.289. The maximum Gasteiger partial charge on any atom is 0.200 e. The summed E-state index contributed by atoms with van der Waals surface area (Å²) in [6, 6.07) is 9.37. The molecule has 2 N–H and O–H groups in total. The lowest BCUT2D eigenvalue weighted by atomic mass is 10.0. The third-order valence-electron chi connectivity index (χ3n) is 3.99. The van der Waals surface area contributed by atoms with Crippen LogP contribution in [0.4, 0.5) is 0 Å². The highest BCUT2D eigenvalue weighted by molar-refractivity contribution is 5.83. The van der Waals surface area contributed by atoms with Crippen molar-refractivity contribution < 1.29 is 19.4 Å². The Morgan fingerprint density at radius 3 is 2.60 bits per heavy atom. The fourth-order valence-electron chi connectivity index (χ4n) is 2.50. The van der Waals surface area contributed by atoms with Gasteiger partial charge in [0.2, 0.25) is 5.43 Å². The molecule has 5 heteroatoms. The first-order chi connectivity index (χ1) is 12.0. The van der Waals surface area contributed by atoms with Crippen LogP contribution in [0.15, 0.2) is 51.9 Å². The highest BCUT2D eigenvalue weighted by Gasteiger charge is 2.12. The van der Waals surface area contributed by atoms with Gasteiger partial charge in [-0.3, -0.25) is 4.79 Å². The summed E-state index contributed by atoms with van der Waals surface area (Å²) in [5, 5.41) is 19.5. The van der Waals surface area contributed by atoms with Gasteiger partial charge in [0, 0.05) is 0 Å². The molecular weight excluding hydrogens is 320 g/mol. The average Bonchev–Trinajstić information content (AvgIpc) is 2.58. The van der Waals surface area contributed by atoms with E-state index in [0.717, 1.165) is 6.42 Å². The maximum absolute atomic E-state index is 12.8. The minimum absolute atomic E-state index is 0.222. The van der Waals surface area contributed by atoms with Crippen molar-refractivity contribution in [3.63, 3.8) is 0 Å². The number of phenolic OH excluding ortho intramolecular Hbond substituents is 2. The third-order valence-corrected chi connectivity index (χ3v) is 3.99. The summed E-state index contributed by atoms with van der Waals surface area (Å²) < 4.78 is 11.3. The molecule has 1 heterocycles. The largest absolute Gasteiger partial charge is 0.504 e. The molecule has 0 aliphatic carbocycles. The van der Waals surface area contributed by atoms with Crippen LogP contribution in [0.3, 0.4) is 0 Å². The van der Waals surface area contributed by atoms with Gasteiger partial charge in [-0.25, -0.2) is 0 Å². The molecule has 3 aromatic rings. The van der Waals surface area contributed by atoms with Gasteiger partial charge in [0.25, 0.3) is 0 Å². The first kappa shape index (κ1) is 16.9. The van der Waals surface area contributed by atoms with Gasteiger partial charge in [0.1, 0.15) is 17.6 Å². The number of rotatable bonds is 5. The van der Waals surface area contributed by atoms with Crippen LogP contribution in [-0.4, -0.2) is 16.8 Å². The van der Waals surface area contributed by atoms with E-state index in [4.69, 9.17) is 9.15 Å².